The van der Waals surface area contributed by atoms with Crippen molar-refractivity contribution in [2.24, 2.45) is 0 Å². The zero-order chi connectivity index (χ0) is 16.8. The van der Waals surface area contributed by atoms with E-state index in [4.69, 9.17) is 5.11 Å². The van der Waals surface area contributed by atoms with E-state index in [1.807, 2.05) is 0 Å². The van der Waals surface area contributed by atoms with Crippen LogP contribution in [0.15, 0.2) is 24.3 Å². The highest BCUT2D eigenvalue weighted by Crippen LogP contribution is 2.17. The molecule has 0 spiro atoms. The third kappa shape index (κ3) is 5.21. The van der Waals surface area contributed by atoms with Crippen LogP contribution in [0.4, 0.5) is 10.1 Å². The number of piperazine rings is 1. The predicted molar refractivity (Wildman–Crippen MR) is 84.9 cm³/mol. The average Bonchev–Trinajstić information content (AvgIpc) is 2.53. The highest BCUT2D eigenvalue weighted by atomic mass is 19.1. The molecule has 0 bridgehead atoms. The van der Waals surface area contributed by atoms with E-state index >= 15 is 0 Å². The minimum atomic E-state index is -0.895. The van der Waals surface area contributed by atoms with Crippen LogP contribution in [0.5, 0.6) is 0 Å². The molecule has 1 aliphatic rings. The number of nitrogens with zero attached hydrogens (tertiary/aromatic N) is 3. The van der Waals surface area contributed by atoms with E-state index in [0.717, 1.165) is 5.69 Å². The van der Waals surface area contributed by atoms with Gasteiger partial charge in [-0.05, 0) is 31.3 Å². The summed E-state index contributed by atoms with van der Waals surface area (Å²) < 4.78 is 12.9. The molecule has 6 nitrogen and oxygen atoms in total. The summed E-state index contributed by atoms with van der Waals surface area (Å²) in [5.74, 6) is -1.11. The Balaban J connectivity index is 1.76. The lowest BCUT2D eigenvalue weighted by atomic mass is 10.2. The van der Waals surface area contributed by atoms with Crippen molar-refractivity contribution in [3.05, 3.63) is 30.1 Å². The third-order valence-electron chi connectivity index (χ3n) is 3.94. The van der Waals surface area contributed by atoms with E-state index < -0.39 is 5.97 Å². The molecule has 0 aliphatic carbocycles. The van der Waals surface area contributed by atoms with Gasteiger partial charge in [0.15, 0.2) is 0 Å². The topological polar surface area (TPSA) is 64.1 Å². The summed E-state index contributed by atoms with van der Waals surface area (Å²) in [6.07, 6.45) is 0.320. The Labute approximate surface area is 135 Å². The van der Waals surface area contributed by atoms with Gasteiger partial charge in [-0.2, -0.15) is 0 Å². The van der Waals surface area contributed by atoms with Gasteiger partial charge in [0.05, 0.1) is 6.54 Å². The molecule has 0 atom stereocenters. The summed E-state index contributed by atoms with van der Waals surface area (Å²) in [6.45, 7) is 3.04. The zero-order valence-electron chi connectivity index (χ0n) is 13.2. The fourth-order valence-electron chi connectivity index (χ4n) is 2.62. The zero-order valence-corrected chi connectivity index (χ0v) is 13.2. The monoisotopic (exact) mass is 323 g/mol. The lowest BCUT2D eigenvalue weighted by Gasteiger charge is -2.36. The molecule has 0 radical (unpaired) electrons. The Kier molecular flexibility index (Phi) is 5.92. The van der Waals surface area contributed by atoms with Crippen molar-refractivity contribution < 1.29 is 19.1 Å². The number of aliphatic carboxylic acids is 1. The smallest absolute Gasteiger partial charge is 0.317 e. The largest absolute Gasteiger partial charge is 0.480 e. The second kappa shape index (κ2) is 7.92. The van der Waals surface area contributed by atoms with Gasteiger partial charge in [-0.15, -0.1) is 0 Å². The maximum absolute atomic E-state index is 12.9. The number of carbonyl (C=O) groups is 2. The van der Waals surface area contributed by atoms with Crippen LogP contribution in [-0.4, -0.2) is 73.1 Å². The minimum Gasteiger partial charge on any atom is -0.480 e. The molecule has 7 heteroatoms. The van der Waals surface area contributed by atoms with Gasteiger partial charge in [0, 0.05) is 44.8 Å². The molecule has 2 rings (SSSR count). The van der Waals surface area contributed by atoms with Crippen molar-refractivity contribution in [1.29, 1.82) is 0 Å². The van der Waals surface area contributed by atoms with Crippen LogP contribution < -0.4 is 4.90 Å². The summed E-state index contributed by atoms with van der Waals surface area (Å²) in [5.41, 5.74) is 0.958. The summed E-state index contributed by atoms with van der Waals surface area (Å²) >= 11 is 0. The molecule has 1 N–H and O–H groups in total. The summed E-state index contributed by atoms with van der Waals surface area (Å²) in [6, 6.07) is 6.36. The normalized spacial score (nSPS) is 15.1. The Hall–Kier alpha value is -2.15. The molecule has 1 saturated heterocycles. The second-order valence-corrected chi connectivity index (χ2v) is 5.73. The molecule has 1 amide bonds. The maximum atomic E-state index is 12.9. The van der Waals surface area contributed by atoms with E-state index in [2.05, 4.69) is 4.90 Å². The van der Waals surface area contributed by atoms with E-state index in [9.17, 15) is 14.0 Å². The first-order valence-corrected chi connectivity index (χ1v) is 7.64. The molecule has 1 aliphatic heterocycles. The van der Waals surface area contributed by atoms with Crippen molar-refractivity contribution >= 4 is 17.6 Å². The van der Waals surface area contributed by atoms with Gasteiger partial charge in [-0.3, -0.25) is 14.5 Å². The van der Waals surface area contributed by atoms with Gasteiger partial charge in [0.25, 0.3) is 0 Å². The van der Waals surface area contributed by atoms with Crippen LogP contribution in [0.3, 0.4) is 0 Å². The minimum absolute atomic E-state index is 0.0426. The van der Waals surface area contributed by atoms with Crippen LogP contribution in [0, 0.1) is 5.82 Å². The molecule has 1 aromatic rings. The van der Waals surface area contributed by atoms with Crippen molar-refractivity contribution in [2.75, 3.05) is 51.2 Å². The van der Waals surface area contributed by atoms with Gasteiger partial charge in [0.2, 0.25) is 5.91 Å². The summed E-state index contributed by atoms with van der Waals surface area (Å²) in [4.78, 5) is 28.3. The third-order valence-corrected chi connectivity index (χ3v) is 3.94. The highest BCUT2D eigenvalue weighted by molar-refractivity contribution is 5.77. The van der Waals surface area contributed by atoms with E-state index in [-0.39, 0.29) is 18.3 Å². The van der Waals surface area contributed by atoms with Crippen LogP contribution >= 0.6 is 0 Å². The lowest BCUT2D eigenvalue weighted by molar-refractivity contribution is -0.139. The van der Waals surface area contributed by atoms with Crippen molar-refractivity contribution in [3.8, 4) is 0 Å². The molecule has 0 unspecified atom stereocenters. The molecule has 23 heavy (non-hydrogen) atoms. The van der Waals surface area contributed by atoms with Gasteiger partial charge >= 0.3 is 5.97 Å². The maximum Gasteiger partial charge on any atom is 0.317 e. The fourth-order valence-corrected chi connectivity index (χ4v) is 2.62. The van der Waals surface area contributed by atoms with Crippen LogP contribution in [0.25, 0.3) is 0 Å². The number of likely N-dealkylation sites (N-methyl/N-ethyl adjacent to an activating group) is 1. The summed E-state index contributed by atoms with van der Waals surface area (Å²) in [7, 11) is 1.69. The first-order valence-electron chi connectivity index (χ1n) is 7.64. The van der Waals surface area contributed by atoms with E-state index in [1.54, 1.807) is 29.0 Å². The Bertz CT molecular complexity index is 542. The molecule has 0 aromatic heterocycles. The van der Waals surface area contributed by atoms with Crippen LogP contribution in [0.2, 0.25) is 0 Å². The first-order chi connectivity index (χ1) is 11.0. The summed E-state index contributed by atoms with van der Waals surface area (Å²) in [5, 5.41) is 8.69. The average molecular weight is 323 g/mol. The fraction of sp³-hybridized carbons (Fsp3) is 0.500. The van der Waals surface area contributed by atoms with E-state index in [1.165, 1.54) is 12.1 Å². The van der Waals surface area contributed by atoms with Gasteiger partial charge < -0.3 is 14.9 Å². The van der Waals surface area contributed by atoms with Gasteiger partial charge in [-0.1, -0.05) is 0 Å². The van der Waals surface area contributed by atoms with E-state index in [0.29, 0.717) is 39.1 Å². The SMILES string of the molecule is CN(CCC(=O)N1CCN(c2ccc(F)cc2)CC1)CC(=O)O. The number of carboxylic acids is 1. The standard InChI is InChI=1S/C16H22FN3O3/c1-18(12-16(22)23)7-6-15(21)20-10-8-19(9-11-20)14-4-2-13(17)3-5-14/h2-5H,6-12H2,1H3,(H,22,23). The number of halogens is 1. The number of anilines is 1. The van der Waals surface area contributed by atoms with Crippen LogP contribution in [-0.2, 0) is 9.59 Å². The number of carboxylic acid groups (broad SMARTS) is 1. The number of rotatable bonds is 6. The molecule has 1 heterocycles. The van der Waals surface area contributed by atoms with Crippen molar-refractivity contribution in [1.82, 2.24) is 9.80 Å². The predicted octanol–water partition coefficient (Wildman–Crippen LogP) is 0.881. The van der Waals surface area contributed by atoms with Crippen molar-refractivity contribution in [3.63, 3.8) is 0 Å². The lowest BCUT2D eigenvalue weighted by Crippen LogP contribution is -2.49. The van der Waals surface area contributed by atoms with Crippen LogP contribution in [0.1, 0.15) is 6.42 Å². The van der Waals surface area contributed by atoms with Gasteiger partial charge in [-0.25, -0.2) is 4.39 Å². The molecular weight excluding hydrogens is 301 g/mol. The molecule has 1 fully saturated rings. The molecular formula is C16H22FN3O3. The molecule has 126 valence electrons. The number of amides is 1. The number of carbonyl (C=O) groups excluding carboxylic acids is 1. The Morgan fingerprint density at radius 1 is 1.17 bits per heavy atom. The van der Waals surface area contributed by atoms with Gasteiger partial charge in [0.1, 0.15) is 5.82 Å². The number of hydrogen-bond acceptors (Lipinski definition) is 4. The molecule has 1 aromatic carbocycles. The number of benzene rings is 1. The quantitative estimate of drug-likeness (QED) is 0.842. The number of hydrogen-bond donors (Lipinski definition) is 1. The Morgan fingerprint density at radius 3 is 2.35 bits per heavy atom. The molecule has 0 saturated carbocycles. The first kappa shape index (κ1) is 17.2. The highest BCUT2D eigenvalue weighted by Gasteiger charge is 2.21. The second-order valence-electron chi connectivity index (χ2n) is 5.73. The van der Waals surface area contributed by atoms with Crippen molar-refractivity contribution in [2.45, 2.75) is 6.42 Å². The Morgan fingerprint density at radius 2 is 1.78 bits per heavy atom.